The second-order valence-electron chi connectivity index (χ2n) is 4.09. The molecule has 0 aliphatic carbocycles. The second kappa shape index (κ2) is 5.43. The van der Waals surface area contributed by atoms with Crippen molar-refractivity contribution in [1.82, 2.24) is 0 Å². The van der Waals surface area contributed by atoms with Gasteiger partial charge in [0.1, 0.15) is 27.6 Å². The standard InChI is InChI=1S/C14H12N4S/c1-18(9-10-5-3-2-4-6-10)14-11(7-15)13(17)12(8-16)19-14/h2-6H,9,17H2,1H3. The van der Waals surface area contributed by atoms with Crippen molar-refractivity contribution in [3.63, 3.8) is 0 Å². The zero-order valence-electron chi connectivity index (χ0n) is 10.4. The van der Waals surface area contributed by atoms with Crippen LogP contribution < -0.4 is 10.6 Å². The largest absolute Gasteiger partial charge is 0.396 e. The lowest BCUT2D eigenvalue weighted by Gasteiger charge is -2.17. The number of benzene rings is 1. The van der Waals surface area contributed by atoms with Crippen molar-refractivity contribution < 1.29 is 0 Å². The van der Waals surface area contributed by atoms with Crippen molar-refractivity contribution in [3.05, 3.63) is 46.3 Å². The lowest BCUT2D eigenvalue weighted by atomic mass is 10.2. The van der Waals surface area contributed by atoms with Crippen LogP contribution >= 0.6 is 11.3 Å². The number of hydrogen-bond acceptors (Lipinski definition) is 5. The Morgan fingerprint density at radius 2 is 1.89 bits per heavy atom. The van der Waals surface area contributed by atoms with Gasteiger partial charge >= 0.3 is 0 Å². The Hall–Kier alpha value is -2.50. The summed E-state index contributed by atoms with van der Waals surface area (Å²) in [5, 5.41) is 18.9. The van der Waals surface area contributed by atoms with E-state index < -0.39 is 0 Å². The van der Waals surface area contributed by atoms with Gasteiger partial charge in [0.2, 0.25) is 0 Å². The van der Waals surface area contributed by atoms with Gasteiger partial charge in [-0.05, 0) is 5.56 Å². The molecular formula is C14H12N4S. The average molecular weight is 268 g/mol. The molecule has 0 unspecified atom stereocenters. The average Bonchev–Trinajstić information content (AvgIpc) is 2.76. The fourth-order valence-corrected chi connectivity index (χ4v) is 2.75. The molecule has 0 saturated carbocycles. The van der Waals surface area contributed by atoms with Gasteiger partial charge in [-0.15, -0.1) is 11.3 Å². The van der Waals surface area contributed by atoms with Gasteiger partial charge in [0.05, 0.1) is 5.69 Å². The van der Waals surface area contributed by atoms with Crippen LogP contribution in [0.1, 0.15) is 16.0 Å². The highest BCUT2D eigenvalue weighted by molar-refractivity contribution is 7.17. The molecule has 1 aromatic carbocycles. The van der Waals surface area contributed by atoms with Gasteiger partial charge in [0.25, 0.3) is 0 Å². The topological polar surface area (TPSA) is 76.8 Å². The molecule has 0 bridgehead atoms. The minimum absolute atomic E-state index is 0.282. The van der Waals surface area contributed by atoms with Crippen molar-refractivity contribution in [3.8, 4) is 12.1 Å². The first-order valence-corrected chi connectivity index (χ1v) is 6.46. The Morgan fingerprint density at radius 1 is 1.21 bits per heavy atom. The van der Waals surface area contributed by atoms with Gasteiger partial charge in [0.15, 0.2) is 0 Å². The molecule has 0 aliphatic rings. The maximum absolute atomic E-state index is 9.16. The molecule has 0 fully saturated rings. The van der Waals surface area contributed by atoms with Gasteiger partial charge in [-0.2, -0.15) is 10.5 Å². The molecule has 1 aromatic heterocycles. The van der Waals surface area contributed by atoms with Gasteiger partial charge in [-0.25, -0.2) is 0 Å². The smallest absolute Gasteiger partial charge is 0.131 e. The van der Waals surface area contributed by atoms with Gasteiger partial charge in [-0.3, -0.25) is 0 Å². The highest BCUT2D eigenvalue weighted by Crippen LogP contribution is 2.37. The number of nitrogen functional groups attached to an aromatic ring is 1. The second-order valence-corrected chi connectivity index (χ2v) is 5.09. The van der Waals surface area contributed by atoms with Crippen molar-refractivity contribution in [1.29, 1.82) is 10.5 Å². The maximum atomic E-state index is 9.16. The highest BCUT2D eigenvalue weighted by Gasteiger charge is 2.18. The maximum Gasteiger partial charge on any atom is 0.131 e. The SMILES string of the molecule is CN(Cc1ccccc1)c1sc(C#N)c(N)c1C#N. The Labute approximate surface area is 115 Å². The Morgan fingerprint density at radius 3 is 2.47 bits per heavy atom. The number of nitriles is 2. The van der Waals surface area contributed by atoms with Crippen LogP contribution in [0.3, 0.4) is 0 Å². The first-order chi connectivity index (χ1) is 9.17. The first-order valence-electron chi connectivity index (χ1n) is 5.65. The van der Waals surface area contributed by atoms with E-state index in [1.165, 1.54) is 11.3 Å². The van der Waals surface area contributed by atoms with Gasteiger partial charge in [0, 0.05) is 13.6 Å². The summed E-state index contributed by atoms with van der Waals surface area (Å²) >= 11 is 1.26. The summed E-state index contributed by atoms with van der Waals surface area (Å²) in [5.41, 5.74) is 7.60. The third-order valence-corrected chi connectivity index (χ3v) is 3.97. The fourth-order valence-electron chi connectivity index (χ4n) is 1.82. The molecule has 2 aromatic rings. The fraction of sp³-hybridized carbons (Fsp3) is 0.143. The van der Waals surface area contributed by atoms with Crippen LogP contribution in [-0.2, 0) is 6.54 Å². The minimum atomic E-state index is 0.282. The number of nitrogens with zero attached hydrogens (tertiary/aromatic N) is 3. The predicted molar refractivity (Wildman–Crippen MR) is 76.7 cm³/mol. The molecule has 0 radical (unpaired) electrons. The van der Waals surface area contributed by atoms with Crippen LogP contribution in [-0.4, -0.2) is 7.05 Å². The van der Waals surface area contributed by atoms with Crippen LogP contribution in [0.25, 0.3) is 0 Å². The Kier molecular flexibility index (Phi) is 3.70. The van der Waals surface area contributed by atoms with E-state index in [-0.39, 0.29) is 5.69 Å². The molecule has 5 heteroatoms. The minimum Gasteiger partial charge on any atom is -0.396 e. The van der Waals surface area contributed by atoms with E-state index >= 15 is 0 Å². The molecule has 94 valence electrons. The van der Waals surface area contributed by atoms with Crippen molar-refractivity contribution in [2.75, 3.05) is 17.7 Å². The third-order valence-electron chi connectivity index (χ3n) is 2.75. The summed E-state index contributed by atoms with van der Waals surface area (Å²) in [6, 6.07) is 14.0. The number of rotatable bonds is 3. The molecule has 0 aliphatic heterocycles. The molecule has 0 saturated heterocycles. The van der Waals surface area contributed by atoms with Crippen LogP contribution in [0.15, 0.2) is 30.3 Å². The lowest BCUT2D eigenvalue weighted by molar-refractivity contribution is 0.933. The number of hydrogen-bond donors (Lipinski definition) is 1. The lowest BCUT2D eigenvalue weighted by Crippen LogP contribution is -2.16. The monoisotopic (exact) mass is 268 g/mol. The summed E-state index contributed by atoms with van der Waals surface area (Å²) in [4.78, 5) is 2.34. The van der Waals surface area contributed by atoms with E-state index in [1.807, 2.05) is 48.3 Å². The van der Waals surface area contributed by atoms with Crippen molar-refractivity contribution in [2.45, 2.75) is 6.54 Å². The van der Waals surface area contributed by atoms with Crippen LogP contribution in [0, 0.1) is 22.7 Å². The summed E-state index contributed by atoms with van der Waals surface area (Å²) in [6.07, 6.45) is 0. The Bertz CT molecular complexity index is 661. The van der Waals surface area contributed by atoms with Gasteiger partial charge in [-0.1, -0.05) is 30.3 Å². The summed E-state index contributed by atoms with van der Waals surface area (Å²) in [7, 11) is 1.89. The van der Waals surface area contributed by atoms with Crippen LogP contribution in [0.2, 0.25) is 0 Å². The molecule has 2 rings (SSSR count). The van der Waals surface area contributed by atoms with E-state index in [2.05, 4.69) is 6.07 Å². The third kappa shape index (κ3) is 2.52. The van der Waals surface area contributed by atoms with E-state index in [0.717, 1.165) is 10.6 Å². The molecule has 1 heterocycles. The van der Waals surface area contributed by atoms with Crippen molar-refractivity contribution >= 4 is 22.0 Å². The summed E-state index contributed by atoms with van der Waals surface area (Å²) in [5.74, 6) is 0. The summed E-state index contributed by atoms with van der Waals surface area (Å²) < 4.78 is 0. The van der Waals surface area contributed by atoms with E-state index in [0.29, 0.717) is 17.0 Å². The molecule has 4 nitrogen and oxygen atoms in total. The predicted octanol–water partition coefficient (Wildman–Crippen LogP) is 2.71. The number of nitrogens with two attached hydrogens (primary N) is 1. The van der Waals surface area contributed by atoms with E-state index in [4.69, 9.17) is 16.3 Å². The molecular weight excluding hydrogens is 256 g/mol. The van der Waals surface area contributed by atoms with Crippen LogP contribution in [0.4, 0.5) is 10.7 Å². The molecule has 2 N–H and O–H groups in total. The van der Waals surface area contributed by atoms with Crippen LogP contribution in [0.5, 0.6) is 0 Å². The van der Waals surface area contributed by atoms with E-state index in [1.54, 1.807) is 0 Å². The zero-order valence-corrected chi connectivity index (χ0v) is 11.2. The molecule has 0 atom stereocenters. The zero-order chi connectivity index (χ0) is 13.8. The van der Waals surface area contributed by atoms with Crippen molar-refractivity contribution in [2.24, 2.45) is 0 Å². The Balaban J connectivity index is 2.33. The normalized spacial score (nSPS) is 9.63. The number of thiophene rings is 1. The number of anilines is 2. The van der Waals surface area contributed by atoms with E-state index in [9.17, 15) is 0 Å². The molecule has 0 spiro atoms. The first kappa shape index (κ1) is 12.9. The molecule has 19 heavy (non-hydrogen) atoms. The highest BCUT2D eigenvalue weighted by atomic mass is 32.1. The summed E-state index contributed by atoms with van der Waals surface area (Å²) in [6.45, 7) is 0.667. The molecule has 0 amide bonds. The van der Waals surface area contributed by atoms with Gasteiger partial charge < -0.3 is 10.6 Å². The quantitative estimate of drug-likeness (QED) is 0.928.